The fraction of sp³-hybridized carbons (Fsp3) is 0.333. The van der Waals surface area contributed by atoms with Gasteiger partial charge in [0.15, 0.2) is 5.75 Å². The maximum absolute atomic E-state index is 4.79. The fourth-order valence-electron chi connectivity index (χ4n) is 0.657. The second kappa shape index (κ2) is 5.57. The van der Waals surface area contributed by atoms with E-state index in [0.717, 1.165) is 6.42 Å². The largest absolute Gasteiger partial charge is 0.308 e. The van der Waals surface area contributed by atoms with Crippen molar-refractivity contribution in [3.05, 3.63) is 30.3 Å². The summed E-state index contributed by atoms with van der Waals surface area (Å²) >= 11 is 0. The summed E-state index contributed by atoms with van der Waals surface area (Å²) in [5, 5.41) is 4.46. The molecule has 0 saturated carbocycles. The van der Waals surface area contributed by atoms with Crippen LogP contribution in [0.1, 0.15) is 13.3 Å². The molecule has 0 saturated heterocycles. The molecule has 0 unspecified atom stereocenters. The third-order valence-electron chi connectivity index (χ3n) is 1.21. The van der Waals surface area contributed by atoms with Crippen molar-refractivity contribution in [2.24, 2.45) is 0 Å². The second-order valence-electron chi connectivity index (χ2n) is 2.29. The maximum Gasteiger partial charge on any atom is 0.168 e. The van der Waals surface area contributed by atoms with Gasteiger partial charge in [-0.2, -0.15) is 4.89 Å². The molecule has 66 valence electrons. The van der Waals surface area contributed by atoms with Gasteiger partial charge in [0.1, 0.15) is 0 Å². The van der Waals surface area contributed by atoms with Crippen molar-refractivity contribution in [1.82, 2.24) is 0 Å². The van der Waals surface area contributed by atoms with E-state index < -0.39 is 0 Å². The van der Waals surface area contributed by atoms with Gasteiger partial charge in [0.25, 0.3) is 0 Å². The molecule has 0 aliphatic carbocycles. The summed E-state index contributed by atoms with van der Waals surface area (Å²) in [4.78, 5) is 9.45. The van der Waals surface area contributed by atoms with Gasteiger partial charge in [0, 0.05) is 0 Å². The lowest BCUT2D eigenvalue weighted by atomic mass is 10.3. The van der Waals surface area contributed by atoms with Gasteiger partial charge >= 0.3 is 0 Å². The Bertz CT molecular complexity index is 198. The van der Waals surface area contributed by atoms with Crippen LogP contribution >= 0.6 is 0 Å². The fourth-order valence-corrected chi connectivity index (χ4v) is 0.657. The number of para-hydroxylation sites is 1. The molecule has 3 heteroatoms. The van der Waals surface area contributed by atoms with E-state index in [-0.39, 0.29) is 0 Å². The first-order valence-electron chi connectivity index (χ1n) is 3.94. The molecular weight excluding hydrogens is 156 g/mol. The highest BCUT2D eigenvalue weighted by atomic mass is 17.5. The van der Waals surface area contributed by atoms with Gasteiger partial charge in [0.2, 0.25) is 0 Å². The summed E-state index contributed by atoms with van der Waals surface area (Å²) in [5.41, 5.74) is 0. The van der Waals surface area contributed by atoms with E-state index in [1.165, 1.54) is 0 Å². The van der Waals surface area contributed by atoms with Crippen LogP contribution in [0.25, 0.3) is 0 Å². The number of hydrogen-bond donors (Lipinski definition) is 0. The Morgan fingerprint density at radius 1 is 1.17 bits per heavy atom. The molecule has 1 aromatic carbocycles. The first kappa shape index (κ1) is 9.03. The van der Waals surface area contributed by atoms with E-state index >= 15 is 0 Å². The Labute approximate surface area is 71.7 Å². The van der Waals surface area contributed by atoms with Crippen molar-refractivity contribution in [3.8, 4) is 5.75 Å². The van der Waals surface area contributed by atoms with Crippen LogP contribution in [0.4, 0.5) is 0 Å². The third kappa shape index (κ3) is 3.37. The van der Waals surface area contributed by atoms with Crippen molar-refractivity contribution in [3.63, 3.8) is 0 Å². The van der Waals surface area contributed by atoms with Crippen molar-refractivity contribution in [1.29, 1.82) is 0 Å². The van der Waals surface area contributed by atoms with E-state index in [4.69, 9.17) is 4.89 Å². The SMILES string of the molecule is CCCOOOc1ccccc1. The number of benzene rings is 1. The normalized spacial score (nSPS) is 9.75. The maximum atomic E-state index is 4.79. The number of rotatable bonds is 5. The van der Waals surface area contributed by atoms with E-state index in [1.807, 2.05) is 25.1 Å². The summed E-state index contributed by atoms with van der Waals surface area (Å²) in [6.07, 6.45) is 0.901. The minimum Gasteiger partial charge on any atom is -0.308 e. The van der Waals surface area contributed by atoms with Gasteiger partial charge in [-0.05, 0) is 23.6 Å². The Morgan fingerprint density at radius 2 is 1.92 bits per heavy atom. The number of hydrogen-bond acceptors (Lipinski definition) is 3. The predicted molar refractivity (Wildman–Crippen MR) is 44.4 cm³/mol. The van der Waals surface area contributed by atoms with Gasteiger partial charge in [-0.3, -0.25) is 0 Å². The molecule has 0 amide bonds. The monoisotopic (exact) mass is 168 g/mol. The minimum atomic E-state index is 0.535. The highest BCUT2D eigenvalue weighted by Crippen LogP contribution is 2.08. The Kier molecular flexibility index (Phi) is 4.19. The van der Waals surface area contributed by atoms with Crippen molar-refractivity contribution < 1.29 is 14.8 Å². The van der Waals surface area contributed by atoms with Gasteiger partial charge in [-0.1, -0.05) is 25.1 Å². The summed E-state index contributed by atoms with van der Waals surface area (Å²) in [5.74, 6) is 0.633. The van der Waals surface area contributed by atoms with Crippen LogP contribution in [-0.2, 0) is 9.93 Å². The average molecular weight is 168 g/mol. The first-order valence-corrected chi connectivity index (χ1v) is 3.94. The molecule has 0 bridgehead atoms. The molecule has 1 aromatic rings. The second-order valence-corrected chi connectivity index (χ2v) is 2.29. The van der Waals surface area contributed by atoms with Crippen LogP contribution in [-0.4, -0.2) is 6.61 Å². The van der Waals surface area contributed by atoms with Crippen LogP contribution < -0.4 is 4.89 Å². The van der Waals surface area contributed by atoms with Gasteiger partial charge in [0.05, 0.1) is 6.61 Å². The molecule has 3 nitrogen and oxygen atoms in total. The standard InChI is InChI=1S/C9H12O3/c1-2-8-10-12-11-9-6-4-3-5-7-9/h3-7H,2,8H2,1H3. The van der Waals surface area contributed by atoms with Gasteiger partial charge in [-0.25, -0.2) is 0 Å². The van der Waals surface area contributed by atoms with Crippen LogP contribution in [0.2, 0.25) is 0 Å². The Morgan fingerprint density at radius 3 is 2.58 bits per heavy atom. The van der Waals surface area contributed by atoms with E-state index in [1.54, 1.807) is 12.1 Å². The van der Waals surface area contributed by atoms with Crippen molar-refractivity contribution in [2.45, 2.75) is 13.3 Å². The highest BCUT2D eigenvalue weighted by molar-refractivity contribution is 5.19. The quantitative estimate of drug-likeness (QED) is 0.383. The topological polar surface area (TPSA) is 27.7 Å². The molecular formula is C9H12O3. The first-order chi connectivity index (χ1) is 5.93. The molecule has 1 rings (SSSR count). The Hall–Kier alpha value is -1.06. The van der Waals surface area contributed by atoms with E-state index in [9.17, 15) is 0 Å². The molecule has 0 aliphatic rings. The summed E-state index contributed by atoms with van der Waals surface area (Å²) in [6.45, 7) is 2.53. The summed E-state index contributed by atoms with van der Waals surface area (Å²) in [6, 6.07) is 9.20. The van der Waals surface area contributed by atoms with Crippen LogP contribution in [0, 0.1) is 0 Å². The van der Waals surface area contributed by atoms with Crippen LogP contribution in [0.15, 0.2) is 30.3 Å². The molecule has 0 fully saturated rings. The van der Waals surface area contributed by atoms with Crippen LogP contribution in [0.3, 0.4) is 0 Å². The van der Waals surface area contributed by atoms with Crippen molar-refractivity contribution >= 4 is 0 Å². The zero-order valence-electron chi connectivity index (χ0n) is 7.03. The van der Waals surface area contributed by atoms with Crippen LogP contribution in [0.5, 0.6) is 5.75 Å². The molecule has 0 aliphatic heterocycles. The molecule has 0 spiro atoms. The lowest BCUT2D eigenvalue weighted by Gasteiger charge is -2.01. The van der Waals surface area contributed by atoms with Crippen molar-refractivity contribution in [2.75, 3.05) is 6.61 Å². The molecule has 0 atom stereocenters. The molecule has 0 heterocycles. The smallest absolute Gasteiger partial charge is 0.168 e. The van der Waals surface area contributed by atoms with E-state index in [2.05, 4.69) is 9.93 Å². The van der Waals surface area contributed by atoms with Gasteiger partial charge in [-0.15, -0.1) is 0 Å². The van der Waals surface area contributed by atoms with Gasteiger partial charge < -0.3 is 4.89 Å². The zero-order valence-corrected chi connectivity index (χ0v) is 7.03. The average Bonchev–Trinajstić information content (AvgIpc) is 2.14. The molecule has 0 radical (unpaired) electrons. The highest BCUT2D eigenvalue weighted by Gasteiger charge is 1.91. The summed E-state index contributed by atoms with van der Waals surface area (Å²) < 4.78 is 0. The van der Waals surface area contributed by atoms with E-state index in [0.29, 0.717) is 12.4 Å². The third-order valence-corrected chi connectivity index (χ3v) is 1.21. The summed E-state index contributed by atoms with van der Waals surface area (Å²) in [7, 11) is 0. The minimum absolute atomic E-state index is 0.535. The Balaban J connectivity index is 2.16. The molecule has 0 aromatic heterocycles. The molecule has 12 heavy (non-hydrogen) atoms. The molecule has 0 N–H and O–H groups in total. The zero-order chi connectivity index (χ0) is 8.65. The predicted octanol–water partition coefficient (Wildman–Crippen LogP) is 2.34. The lowest BCUT2D eigenvalue weighted by Crippen LogP contribution is -1.99. The lowest BCUT2D eigenvalue weighted by molar-refractivity contribution is -0.465.